The molecular formula is C13H15F3O2. The Bertz CT molecular complexity index is 409. The zero-order chi connectivity index (χ0) is 13.2. The third kappa shape index (κ3) is 3.31. The van der Waals surface area contributed by atoms with Gasteiger partial charge in [-0.2, -0.15) is 0 Å². The second-order valence-electron chi connectivity index (χ2n) is 4.61. The highest BCUT2D eigenvalue weighted by Gasteiger charge is 2.32. The molecule has 1 aromatic carbocycles. The molecule has 0 atom stereocenters. The standard InChI is InChI=1S/C13H15F3O2/c14-13(15,16)18-12-7-6-10(8-11(12)17)9-4-2-1-3-5-9/h6-9,17H,1-5H2. The minimum atomic E-state index is -4.77. The summed E-state index contributed by atoms with van der Waals surface area (Å²) in [5, 5.41) is 9.56. The fourth-order valence-corrected chi connectivity index (χ4v) is 2.44. The highest BCUT2D eigenvalue weighted by Crippen LogP contribution is 2.38. The van der Waals surface area contributed by atoms with Crippen LogP contribution in [0.25, 0.3) is 0 Å². The van der Waals surface area contributed by atoms with Crippen molar-refractivity contribution in [1.82, 2.24) is 0 Å². The van der Waals surface area contributed by atoms with Crippen molar-refractivity contribution in [3.63, 3.8) is 0 Å². The van der Waals surface area contributed by atoms with Crippen molar-refractivity contribution >= 4 is 0 Å². The molecule has 1 fully saturated rings. The number of aromatic hydroxyl groups is 1. The van der Waals surface area contributed by atoms with Gasteiger partial charge < -0.3 is 9.84 Å². The number of benzene rings is 1. The average molecular weight is 260 g/mol. The van der Waals surface area contributed by atoms with E-state index in [-0.39, 0.29) is 0 Å². The second kappa shape index (κ2) is 5.08. The maximum absolute atomic E-state index is 12.0. The molecule has 0 radical (unpaired) electrons. The molecule has 0 amide bonds. The van der Waals surface area contributed by atoms with Crippen LogP contribution in [-0.2, 0) is 0 Å². The fraction of sp³-hybridized carbons (Fsp3) is 0.538. The first-order chi connectivity index (χ1) is 8.46. The molecule has 1 aliphatic carbocycles. The van der Waals surface area contributed by atoms with E-state index in [1.54, 1.807) is 6.07 Å². The predicted octanol–water partition coefficient (Wildman–Crippen LogP) is 4.34. The lowest BCUT2D eigenvalue weighted by Crippen LogP contribution is -2.17. The van der Waals surface area contributed by atoms with Crippen molar-refractivity contribution in [2.45, 2.75) is 44.4 Å². The summed E-state index contributed by atoms with van der Waals surface area (Å²) >= 11 is 0. The van der Waals surface area contributed by atoms with Crippen LogP contribution in [0.3, 0.4) is 0 Å². The number of hydrogen-bond donors (Lipinski definition) is 1. The zero-order valence-corrected chi connectivity index (χ0v) is 9.83. The van der Waals surface area contributed by atoms with Crippen LogP contribution in [0.1, 0.15) is 43.6 Å². The smallest absolute Gasteiger partial charge is 0.504 e. The molecule has 2 rings (SSSR count). The van der Waals surface area contributed by atoms with Crippen molar-refractivity contribution < 1.29 is 23.0 Å². The van der Waals surface area contributed by atoms with E-state index in [9.17, 15) is 18.3 Å². The Morgan fingerprint density at radius 2 is 1.78 bits per heavy atom. The van der Waals surface area contributed by atoms with E-state index >= 15 is 0 Å². The van der Waals surface area contributed by atoms with Crippen molar-refractivity contribution in [1.29, 1.82) is 0 Å². The van der Waals surface area contributed by atoms with E-state index in [1.165, 1.54) is 18.6 Å². The maximum atomic E-state index is 12.0. The second-order valence-corrected chi connectivity index (χ2v) is 4.61. The Kier molecular flexibility index (Phi) is 3.68. The first kappa shape index (κ1) is 13.1. The van der Waals surface area contributed by atoms with Crippen molar-refractivity contribution in [3.8, 4) is 11.5 Å². The number of phenolic OH excluding ortho intramolecular Hbond substituents is 1. The van der Waals surface area contributed by atoms with E-state index in [1.807, 2.05) is 0 Å². The van der Waals surface area contributed by atoms with E-state index in [0.717, 1.165) is 31.2 Å². The Labute approximate surface area is 103 Å². The molecule has 0 unspecified atom stereocenters. The van der Waals surface area contributed by atoms with Crippen molar-refractivity contribution in [2.75, 3.05) is 0 Å². The van der Waals surface area contributed by atoms with E-state index in [0.29, 0.717) is 5.92 Å². The molecule has 0 saturated heterocycles. The summed E-state index contributed by atoms with van der Waals surface area (Å²) in [7, 11) is 0. The third-order valence-electron chi connectivity index (χ3n) is 3.29. The van der Waals surface area contributed by atoms with Crippen molar-refractivity contribution in [2.24, 2.45) is 0 Å². The van der Waals surface area contributed by atoms with E-state index < -0.39 is 17.9 Å². The molecule has 1 aliphatic rings. The van der Waals surface area contributed by atoms with Gasteiger partial charge in [0.1, 0.15) is 0 Å². The SMILES string of the molecule is Oc1cc(C2CCCCC2)ccc1OC(F)(F)F. The number of phenols is 1. The van der Waals surface area contributed by atoms with Gasteiger partial charge in [-0.25, -0.2) is 0 Å². The Hall–Kier alpha value is -1.39. The predicted molar refractivity (Wildman–Crippen MR) is 60.6 cm³/mol. The molecule has 0 aliphatic heterocycles. The van der Waals surface area contributed by atoms with E-state index in [4.69, 9.17) is 0 Å². The summed E-state index contributed by atoms with van der Waals surface area (Å²) in [6.45, 7) is 0. The largest absolute Gasteiger partial charge is 0.573 e. The van der Waals surface area contributed by atoms with Crippen LogP contribution in [0.5, 0.6) is 11.5 Å². The lowest BCUT2D eigenvalue weighted by molar-refractivity contribution is -0.275. The number of halogens is 3. The normalized spacial score (nSPS) is 17.7. The summed E-state index contributed by atoms with van der Waals surface area (Å²) in [6, 6.07) is 4.18. The highest BCUT2D eigenvalue weighted by atomic mass is 19.4. The van der Waals surface area contributed by atoms with Crippen LogP contribution in [0, 0.1) is 0 Å². The maximum Gasteiger partial charge on any atom is 0.573 e. The van der Waals surface area contributed by atoms with E-state index in [2.05, 4.69) is 4.74 Å². The van der Waals surface area contributed by atoms with Gasteiger partial charge in [-0.05, 0) is 36.5 Å². The van der Waals surface area contributed by atoms with Gasteiger partial charge in [-0.15, -0.1) is 13.2 Å². The third-order valence-corrected chi connectivity index (χ3v) is 3.29. The van der Waals surface area contributed by atoms with Gasteiger partial charge in [-0.3, -0.25) is 0 Å². The lowest BCUT2D eigenvalue weighted by atomic mass is 9.84. The molecule has 5 heteroatoms. The summed E-state index contributed by atoms with van der Waals surface area (Å²) < 4.78 is 39.9. The Morgan fingerprint density at radius 3 is 2.33 bits per heavy atom. The first-order valence-corrected chi connectivity index (χ1v) is 6.04. The van der Waals surface area contributed by atoms with Crippen LogP contribution in [0.4, 0.5) is 13.2 Å². The van der Waals surface area contributed by atoms with Crippen molar-refractivity contribution in [3.05, 3.63) is 23.8 Å². The van der Waals surface area contributed by atoms with Gasteiger partial charge in [0.05, 0.1) is 0 Å². The Balaban J connectivity index is 2.13. The number of alkyl halides is 3. The molecule has 1 aromatic rings. The van der Waals surface area contributed by atoms with Gasteiger partial charge >= 0.3 is 6.36 Å². The fourth-order valence-electron chi connectivity index (χ4n) is 2.44. The summed E-state index contributed by atoms with van der Waals surface area (Å²) in [6.07, 6.45) is 0.748. The Morgan fingerprint density at radius 1 is 1.11 bits per heavy atom. The number of ether oxygens (including phenoxy) is 1. The molecule has 0 aromatic heterocycles. The molecule has 0 spiro atoms. The summed E-state index contributed by atoms with van der Waals surface area (Å²) in [5.74, 6) is -0.651. The number of rotatable bonds is 2. The van der Waals surface area contributed by atoms with Gasteiger partial charge in [0.15, 0.2) is 11.5 Å². The van der Waals surface area contributed by atoms with Gasteiger partial charge in [0.25, 0.3) is 0 Å². The molecule has 1 saturated carbocycles. The summed E-state index contributed by atoms with van der Waals surface area (Å²) in [5.41, 5.74) is 0.890. The monoisotopic (exact) mass is 260 g/mol. The van der Waals surface area contributed by atoms with Crippen LogP contribution < -0.4 is 4.74 Å². The first-order valence-electron chi connectivity index (χ1n) is 6.04. The minimum absolute atomic E-state index is 0.338. The van der Waals surface area contributed by atoms with Gasteiger partial charge in [-0.1, -0.05) is 25.3 Å². The number of hydrogen-bond acceptors (Lipinski definition) is 2. The zero-order valence-electron chi connectivity index (χ0n) is 9.83. The molecule has 0 heterocycles. The van der Waals surface area contributed by atoms with Gasteiger partial charge in [0, 0.05) is 0 Å². The molecule has 18 heavy (non-hydrogen) atoms. The molecule has 0 bridgehead atoms. The van der Waals surface area contributed by atoms with Crippen LogP contribution in [0.2, 0.25) is 0 Å². The van der Waals surface area contributed by atoms with Crippen LogP contribution in [-0.4, -0.2) is 11.5 Å². The van der Waals surface area contributed by atoms with Crippen LogP contribution >= 0.6 is 0 Å². The highest BCUT2D eigenvalue weighted by molar-refractivity contribution is 5.43. The topological polar surface area (TPSA) is 29.5 Å². The minimum Gasteiger partial charge on any atom is -0.504 e. The van der Waals surface area contributed by atoms with Crippen LogP contribution in [0.15, 0.2) is 18.2 Å². The summed E-state index contributed by atoms with van der Waals surface area (Å²) in [4.78, 5) is 0. The lowest BCUT2D eigenvalue weighted by Gasteiger charge is -2.22. The average Bonchev–Trinajstić information content (AvgIpc) is 2.31. The quantitative estimate of drug-likeness (QED) is 0.857. The molecule has 100 valence electrons. The molecule has 1 N–H and O–H groups in total. The molecule has 2 nitrogen and oxygen atoms in total. The van der Waals surface area contributed by atoms with Gasteiger partial charge in [0.2, 0.25) is 0 Å². The molecular weight excluding hydrogens is 245 g/mol.